The molecule has 0 N–H and O–H groups in total. The van der Waals surface area contributed by atoms with Gasteiger partial charge in [0.2, 0.25) is 5.91 Å². The molecule has 0 aliphatic carbocycles. The van der Waals surface area contributed by atoms with Gasteiger partial charge in [-0.25, -0.2) is 0 Å². The Morgan fingerprint density at radius 1 is 1.14 bits per heavy atom. The van der Waals surface area contributed by atoms with Gasteiger partial charge >= 0.3 is 0 Å². The van der Waals surface area contributed by atoms with Gasteiger partial charge in [-0.1, -0.05) is 41.9 Å². The van der Waals surface area contributed by atoms with Crippen LogP contribution in [-0.4, -0.2) is 41.4 Å². The van der Waals surface area contributed by atoms with Crippen molar-refractivity contribution < 1.29 is 4.79 Å². The summed E-state index contributed by atoms with van der Waals surface area (Å²) in [6.45, 7) is 7.82. The van der Waals surface area contributed by atoms with Crippen molar-refractivity contribution in [1.82, 2.24) is 9.80 Å². The van der Waals surface area contributed by atoms with Crippen LogP contribution in [0.5, 0.6) is 0 Å². The lowest BCUT2D eigenvalue weighted by Crippen LogP contribution is -2.34. The SMILES string of the molecule is CC(=O)N1CCc2cc(-c3ccc(CCN4CCC[C@H]4C)cc3Cl)ccc2C1. The first-order chi connectivity index (χ1) is 13.5. The van der Waals surface area contributed by atoms with E-state index in [1.807, 2.05) is 4.90 Å². The predicted molar refractivity (Wildman–Crippen MR) is 116 cm³/mol. The summed E-state index contributed by atoms with van der Waals surface area (Å²) in [5.41, 5.74) is 6.15. The third-order valence-corrected chi connectivity index (χ3v) is 6.70. The van der Waals surface area contributed by atoms with E-state index < -0.39 is 0 Å². The molecule has 2 aromatic carbocycles. The van der Waals surface area contributed by atoms with Crippen molar-refractivity contribution in [2.45, 2.75) is 52.1 Å². The average Bonchev–Trinajstić information content (AvgIpc) is 3.10. The zero-order chi connectivity index (χ0) is 19.7. The van der Waals surface area contributed by atoms with Crippen molar-refractivity contribution in [3.8, 4) is 11.1 Å². The van der Waals surface area contributed by atoms with Gasteiger partial charge in [-0.15, -0.1) is 0 Å². The van der Waals surface area contributed by atoms with Gasteiger partial charge in [-0.05, 0) is 67.5 Å². The minimum Gasteiger partial charge on any atom is -0.338 e. The van der Waals surface area contributed by atoms with Gasteiger partial charge in [0.25, 0.3) is 0 Å². The molecule has 1 amide bonds. The molecule has 0 aromatic heterocycles. The average molecular weight is 397 g/mol. The summed E-state index contributed by atoms with van der Waals surface area (Å²) >= 11 is 6.67. The van der Waals surface area contributed by atoms with E-state index >= 15 is 0 Å². The maximum atomic E-state index is 11.6. The minimum atomic E-state index is 0.150. The van der Waals surface area contributed by atoms with Crippen LogP contribution < -0.4 is 0 Å². The van der Waals surface area contributed by atoms with Gasteiger partial charge in [0.1, 0.15) is 0 Å². The number of halogens is 1. The van der Waals surface area contributed by atoms with Gasteiger partial charge in [0, 0.05) is 43.2 Å². The van der Waals surface area contributed by atoms with Crippen LogP contribution in [0.3, 0.4) is 0 Å². The molecule has 0 unspecified atom stereocenters. The van der Waals surface area contributed by atoms with Gasteiger partial charge in [-0.3, -0.25) is 4.79 Å². The van der Waals surface area contributed by atoms with Crippen molar-refractivity contribution >= 4 is 17.5 Å². The fourth-order valence-electron chi connectivity index (χ4n) is 4.54. The first-order valence-corrected chi connectivity index (χ1v) is 10.8. The molecule has 1 fully saturated rings. The molecule has 0 bridgehead atoms. The quantitative estimate of drug-likeness (QED) is 0.730. The number of rotatable bonds is 4. The summed E-state index contributed by atoms with van der Waals surface area (Å²) in [4.78, 5) is 16.1. The third-order valence-electron chi connectivity index (χ3n) is 6.39. The van der Waals surface area contributed by atoms with E-state index in [0.29, 0.717) is 12.6 Å². The number of carbonyl (C=O) groups is 1. The van der Waals surface area contributed by atoms with Gasteiger partial charge in [-0.2, -0.15) is 0 Å². The van der Waals surface area contributed by atoms with Gasteiger partial charge in [0.05, 0.1) is 0 Å². The molecule has 4 rings (SSSR count). The standard InChI is InChI=1S/C24H29ClN2O/c1-17-4-3-11-26(17)12-9-19-5-8-23(24(25)14-19)21-6-7-22-16-27(18(2)28)13-10-20(22)15-21/h5-8,14-15,17H,3-4,9-13,16H2,1-2H3/t17-/m1/s1. The maximum Gasteiger partial charge on any atom is 0.219 e. The number of likely N-dealkylation sites (tertiary alicyclic amines) is 1. The second-order valence-electron chi connectivity index (χ2n) is 8.27. The lowest BCUT2D eigenvalue weighted by molar-refractivity contribution is -0.129. The largest absolute Gasteiger partial charge is 0.338 e. The molecule has 1 atom stereocenters. The van der Waals surface area contributed by atoms with Crippen LogP contribution in [0, 0.1) is 0 Å². The summed E-state index contributed by atoms with van der Waals surface area (Å²) < 4.78 is 0. The highest BCUT2D eigenvalue weighted by atomic mass is 35.5. The lowest BCUT2D eigenvalue weighted by atomic mass is 9.94. The summed E-state index contributed by atoms with van der Waals surface area (Å²) in [7, 11) is 0. The van der Waals surface area contributed by atoms with Crippen LogP contribution in [0.15, 0.2) is 36.4 Å². The Hall–Kier alpha value is -1.84. The Labute approximate surface area is 173 Å². The van der Waals surface area contributed by atoms with Crippen LogP contribution in [-0.2, 0) is 24.2 Å². The van der Waals surface area contributed by atoms with E-state index in [2.05, 4.69) is 48.2 Å². The highest BCUT2D eigenvalue weighted by molar-refractivity contribution is 6.33. The van der Waals surface area contributed by atoms with Crippen molar-refractivity contribution in [3.05, 3.63) is 58.1 Å². The lowest BCUT2D eigenvalue weighted by Gasteiger charge is -2.28. The van der Waals surface area contributed by atoms with E-state index in [-0.39, 0.29) is 5.91 Å². The summed E-state index contributed by atoms with van der Waals surface area (Å²) in [5.74, 6) is 0.150. The van der Waals surface area contributed by atoms with Crippen molar-refractivity contribution in [3.63, 3.8) is 0 Å². The molecule has 148 valence electrons. The molecule has 28 heavy (non-hydrogen) atoms. The molecule has 2 heterocycles. The molecule has 0 saturated carbocycles. The molecule has 2 aromatic rings. The second kappa shape index (κ2) is 8.26. The number of fused-ring (bicyclic) bond motifs is 1. The van der Waals surface area contributed by atoms with Crippen molar-refractivity contribution in [1.29, 1.82) is 0 Å². The Balaban J connectivity index is 1.48. The van der Waals surface area contributed by atoms with Crippen LogP contribution in [0.1, 0.15) is 43.4 Å². The van der Waals surface area contributed by atoms with Gasteiger partial charge in [0.15, 0.2) is 0 Å². The smallest absolute Gasteiger partial charge is 0.219 e. The molecule has 0 radical (unpaired) electrons. The Bertz CT molecular complexity index is 879. The molecule has 2 aliphatic heterocycles. The van der Waals surface area contributed by atoms with E-state index in [0.717, 1.165) is 36.5 Å². The van der Waals surface area contributed by atoms with Gasteiger partial charge < -0.3 is 9.80 Å². The van der Waals surface area contributed by atoms with Crippen molar-refractivity contribution in [2.24, 2.45) is 0 Å². The van der Waals surface area contributed by atoms with Crippen molar-refractivity contribution in [2.75, 3.05) is 19.6 Å². The minimum absolute atomic E-state index is 0.150. The van der Waals surface area contributed by atoms with E-state index in [1.54, 1.807) is 6.92 Å². The molecular formula is C24H29ClN2O. The molecule has 1 saturated heterocycles. The zero-order valence-corrected chi connectivity index (χ0v) is 17.6. The molecule has 3 nitrogen and oxygen atoms in total. The van der Waals surface area contributed by atoms with Crippen LogP contribution >= 0.6 is 11.6 Å². The third kappa shape index (κ3) is 4.11. The van der Waals surface area contributed by atoms with Crippen LogP contribution in [0.2, 0.25) is 5.02 Å². The number of benzene rings is 2. The maximum absolute atomic E-state index is 11.6. The summed E-state index contributed by atoms with van der Waals surface area (Å²) in [5, 5.41) is 0.827. The number of amides is 1. The first kappa shape index (κ1) is 19.5. The topological polar surface area (TPSA) is 23.6 Å². The summed E-state index contributed by atoms with van der Waals surface area (Å²) in [6.07, 6.45) is 4.60. The highest BCUT2D eigenvalue weighted by Crippen LogP contribution is 2.32. The number of nitrogens with zero attached hydrogens (tertiary/aromatic N) is 2. The fraction of sp³-hybridized carbons (Fsp3) is 0.458. The van der Waals surface area contributed by atoms with E-state index in [9.17, 15) is 4.79 Å². The monoisotopic (exact) mass is 396 g/mol. The second-order valence-corrected chi connectivity index (χ2v) is 8.67. The van der Waals surface area contributed by atoms with E-state index in [1.165, 1.54) is 41.6 Å². The fourth-order valence-corrected chi connectivity index (χ4v) is 4.85. The zero-order valence-electron chi connectivity index (χ0n) is 16.9. The Morgan fingerprint density at radius 2 is 2.00 bits per heavy atom. The van der Waals surface area contributed by atoms with Crippen LogP contribution in [0.25, 0.3) is 11.1 Å². The number of hydrogen-bond donors (Lipinski definition) is 0. The normalized spacial score (nSPS) is 19.7. The molecular weight excluding hydrogens is 368 g/mol. The first-order valence-electron chi connectivity index (χ1n) is 10.4. The predicted octanol–water partition coefficient (Wildman–Crippen LogP) is 4.94. The number of hydrogen-bond acceptors (Lipinski definition) is 2. The Kier molecular flexibility index (Phi) is 5.75. The molecule has 2 aliphatic rings. The molecule has 0 spiro atoms. The number of carbonyl (C=O) groups excluding carboxylic acids is 1. The molecule has 4 heteroatoms. The highest BCUT2D eigenvalue weighted by Gasteiger charge is 2.20. The van der Waals surface area contributed by atoms with Crippen LogP contribution in [0.4, 0.5) is 0 Å². The summed E-state index contributed by atoms with van der Waals surface area (Å²) in [6, 6.07) is 13.8. The Morgan fingerprint density at radius 3 is 2.71 bits per heavy atom. The van der Waals surface area contributed by atoms with E-state index in [4.69, 9.17) is 11.6 Å².